The van der Waals surface area contributed by atoms with E-state index in [1.807, 2.05) is 7.05 Å². The van der Waals surface area contributed by atoms with Gasteiger partial charge in [0.25, 0.3) is 0 Å². The molecule has 0 rings (SSSR count). The average Bonchev–Trinajstić information content (AvgIpc) is 1.60. The molecule has 0 aliphatic rings. The fourth-order valence-corrected chi connectivity index (χ4v) is 5.34. The fraction of sp³-hybridized carbons (Fsp3) is 0.667. The predicted molar refractivity (Wildman–Crippen MR) is 47.6 cm³/mol. The van der Waals surface area contributed by atoms with Gasteiger partial charge >= 0.3 is 66.7 Å². The standard InChI is InChI=1S/C3H8N3.3CH3.Sn/c1-6(5)3-2-4;;;;/h2H,4-5H2,1H3;3*1H3;. The van der Waals surface area contributed by atoms with E-state index in [4.69, 9.17) is 11.6 Å². The Kier molecular flexibility index (Phi) is 3.51. The number of hydrogen-bond acceptors (Lipinski definition) is 3. The third-order valence-electron chi connectivity index (χ3n) is 1.31. The van der Waals surface area contributed by atoms with Crippen LogP contribution < -0.4 is 11.6 Å². The SMILES string of the molecule is CN(N)[C](=CN)[Sn]([CH3])([CH3])[CH3]. The molecule has 0 heterocycles. The molecule has 4 N–H and O–H groups in total. The third kappa shape index (κ3) is 2.79. The Bertz CT molecular complexity index is 134. The van der Waals surface area contributed by atoms with Crippen molar-refractivity contribution in [1.82, 2.24) is 5.01 Å². The van der Waals surface area contributed by atoms with E-state index in [9.17, 15) is 0 Å². The van der Waals surface area contributed by atoms with Gasteiger partial charge in [-0.15, -0.1) is 0 Å². The predicted octanol–water partition coefficient (Wildman–Crippen LogP) is 0.469. The van der Waals surface area contributed by atoms with Crippen molar-refractivity contribution >= 4 is 18.4 Å². The van der Waals surface area contributed by atoms with Crippen LogP contribution in [0.4, 0.5) is 0 Å². The van der Waals surface area contributed by atoms with Crippen molar-refractivity contribution in [3.05, 3.63) is 9.91 Å². The summed E-state index contributed by atoms with van der Waals surface area (Å²) in [6, 6.07) is 0. The summed E-state index contributed by atoms with van der Waals surface area (Å²) >= 11 is -2.00. The third-order valence-corrected chi connectivity index (χ3v) is 7.17. The van der Waals surface area contributed by atoms with E-state index >= 15 is 0 Å². The molecule has 0 aliphatic carbocycles. The van der Waals surface area contributed by atoms with E-state index in [2.05, 4.69) is 14.8 Å². The van der Waals surface area contributed by atoms with Crippen LogP contribution in [0.1, 0.15) is 0 Å². The summed E-state index contributed by atoms with van der Waals surface area (Å²) < 4.78 is 1.15. The Morgan fingerprint density at radius 2 is 1.80 bits per heavy atom. The fourth-order valence-electron chi connectivity index (χ4n) is 0.897. The molecule has 0 saturated carbocycles. The molecule has 4 heteroatoms. The van der Waals surface area contributed by atoms with Crippen LogP contribution in [0.15, 0.2) is 9.91 Å². The maximum absolute atomic E-state index is 5.57. The minimum atomic E-state index is -2.00. The molecule has 10 heavy (non-hydrogen) atoms. The van der Waals surface area contributed by atoms with Gasteiger partial charge in [0, 0.05) is 0 Å². The van der Waals surface area contributed by atoms with Gasteiger partial charge < -0.3 is 0 Å². The van der Waals surface area contributed by atoms with Crippen molar-refractivity contribution in [1.29, 1.82) is 0 Å². The topological polar surface area (TPSA) is 55.3 Å². The van der Waals surface area contributed by atoms with E-state index in [-0.39, 0.29) is 0 Å². The Hall–Kier alpha value is 0.0987. The molecule has 0 aliphatic heterocycles. The van der Waals surface area contributed by atoms with Crippen molar-refractivity contribution in [3.63, 3.8) is 0 Å². The first kappa shape index (κ1) is 10.1. The van der Waals surface area contributed by atoms with Crippen molar-refractivity contribution in [2.24, 2.45) is 11.6 Å². The Balaban J connectivity index is 4.40. The van der Waals surface area contributed by atoms with Crippen molar-refractivity contribution in [3.8, 4) is 0 Å². The van der Waals surface area contributed by atoms with Crippen molar-refractivity contribution in [2.45, 2.75) is 14.8 Å². The van der Waals surface area contributed by atoms with Gasteiger partial charge in [0.1, 0.15) is 0 Å². The van der Waals surface area contributed by atoms with Crippen LogP contribution in [0.2, 0.25) is 14.8 Å². The second-order valence-electron chi connectivity index (χ2n) is 3.41. The van der Waals surface area contributed by atoms with Gasteiger partial charge in [-0.3, -0.25) is 0 Å². The molecule has 0 atom stereocenters. The van der Waals surface area contributed by atoms with Gasteiger partial charge in [-0.05, 0) is 0 Å². The summed E-state index contributed by atoms with van der Waals surface area (Å²) in [5.41, 5.74) is 5.43. The molecule has 0 aromatic heterocycles. The first-order chi connectivity index (χ1) is 4.39. The molecule has 0 amide bonds. The molecule has 0 aromatic carbocycles. The van der Waals surface area contributed by atoms with Gasteiger partial charge in [-0.1, -0.05) is 0 Å². The summed E-state index contributed by atoms with van der Waals surface area (Å²) in [6.07, 6.45) is 1.63. The second kappa shape index (κ2) is 3.48. The number of rotatable bonds is 2. The zero-order chi connectivity index (χ0) is 8.36. The van der Waals surface area contributed by atoms with Crippen LogP contribution >= 0.6 is 0 Å². The molecule has 3 nitrogen and oxygen atoms in total. The molecule has 0 spiro atoms. The van der Waals surface area contributed by atoms with Crippen LogP contribution in [0, 0.1) is 0 Å². The maximum atomic E-state index is 5.57. The van der Waals surface area contributed by atoms with Crippen LogP contribution in [-0.2, 0) is 0 Å². The number of nitrogens with zero attached hydrogens (tertiary/aromatic N) is 1. The first-order valence-corrected chi connectivity index (χ1v) is 13.3. The van der Waals surface area contributed by atoms with Gasteiger partial charge in [0.05, 0.1) is 0 Å². The second-order valence-corrected chi connectivity index (χ2v) is 17.7. The van der Waals surface area contributed by atoms with Crippen LogP contribution in [-0.4, -0.2) is 30.4 Å². The van der Waals surface area contributed by atoms with E-state index in [0.717, 1.165) is 3.71 Å². The summed E-state index contributed by atoms with van der Waals surface area (Å²) in [7, 11) is 1.83. The molecule has 0 fully saturated rings. The van der Waals surface area contributed by atoms with Crippen molar-refractivity contribution < 1.29 is 0 Å². The zero-order valence-corrected chi connectivity index (χ0v) is 10.0. The Labute approximate surface area is 66.9 Å². The first-order valence-electron chi connectivity index (χ1n) is 3.30. The molecule has 0 unspecified atom stereocenters. The minimum absolute atomic E-state index is 1.15. The summed E-state index contributed by atoms with van der Waals surface area (Å²) in [4.78, 5) is 6.82. The van der Waals surface area contributed by atoms with Gasteiger partial charge in [0.2, 0.25) is 0 Å². The molecular formula is C6H17N3Sn. The van der Waals surface area contributed by atoms with Gasteiger partial charge in [-0.2, -0.15) is 0 Å². The summed E-state index contributed by atoms with van der Waals surface area (Å²) in [5.74, 6) is 5.57. The summed E-state index contributed by atoms with van der Waals surface area (Å²) in [6.45, 7) is 0. The van der Waals surface area contributed by atoms with Crippen LogP contribution in [0.3, 0.4) is 0 Å². The number of hydrogen-bond donors (Lipinski definition) is 2. The monoisotopic (exact) mass is 251 g/mol. The van der Waals surface area contributed by atoms with E-state index in [1.54, 1.807) is 11.2 Å². The Morgan fingerprint density at radius 1 is 1.40 bits per heavy atom. The zero-order valence-electron chi connectivity index (χ0n) is 7.18. The van der Waals surface area contributed by atoms with Crippen molar-refractivity contribution in [2.75, 3.05) is 7.05 Å². The van der Waals surface area contributed by atoms with E-state index in [1.165, 1.54) is 0 Å². The quantitative estimate of drug-likeness (QED) is 0.425. The molecule has 0 bridgehead atoms. The molecule has 60 valence electrons. The van der Waals surface area contributed by atoms with E-state index in [0.29, 0.717) is 0 Å². The molecule has 0 saturated heterocycles. The van der Waals surface area contributed by atoms with Gasteiger partial charge in [-0.25, -0.2) is 0 Å². The Morgan fingerprint density at radius 3 is 1.80 bits per heavy atom. The molecule has 0 aromatic rings. The number of nitrogens with two attached hydrogens (primary N) is 2. The normalized spacial score (nSPS) is 13.5. The van der Waals surface area contributed by atoms with Crippen LogP contribution in [0.5, 0.6) is 0 Å². The van der Waals surface area contributed by atoms with Crippen LogP contribution in [0.25, 0.3) is 0 Å². The molecule has 0 radical (unpaired) electrons. The average molecular weight is 250 g/mol. The van der Waals surface area contributed by atoms with Gasteiger partial charge in [0.15, 0.2) is 0 Å². The molecular weight excluding hydrogens is 233 g/mol. The summed E-state index contributed by atoms with van der Waals surface area (Å²) in [5, 5.41) is 1.63. The van der Waals surface area contributed by atoms with E-state index < -0.39 is 18.4 Å². The number of hydrazine groups is 1.